The van der Waals surface area contributed by atoms with Crippen LogP contribution in [0.25, 0.3) is 11.0 Å². The van der Waals surface area contributed by atoms with Crippen molar-refractivity contribution in [2.45, 2.75) is 6.04 Å². The van der Waals surface area contributed by atoms with Crippen LogP contribution in [-0.2, 0) is 7.05 Å². The molecule has 1 unspecified atom stereocenters. The van der Waals surface area contributed by atoms with Crippen molar-refractivity contribution in [3.05, 3.63) is 103 Å². The molecule has 6 nitrogen and oxygen atoms in total. The van der Waals surface area contributed by atoms with Crippen LogP contribution < -0.4 is 10.5 Å². The Labute approximate surface area is 217 Å². The number of rotatable bonds is 4. The molecule has 1 saturated heterocycles. The molecule has 1 atom stereocenters. The summed E-state index contributed by atoms with van der Waals surface area (Å²) < 4.78 is 2.17. The molecule has 0 bridgehead atoms. The van der Waals surface area contributed by atoms with Gasteiger partial charge in [-0.1, -0.05) is 54.1 Å². The molecule has 176 valence electrons. The van der Waals surface area contributed by atoms with Gasteiger partial charge in [-0.15, -0.1) is 0 Å². The second kappa shape index (κ2) is 9.82. The molecule has 2 aromatic heterocycles. The Morgan fingerprint density at radius 2 is 1.63 bits per heavy atom. The van der Waals surface area contributed by atoms with Crippen molar-refractivity contribution in [2.75, 3.05) is 31.1 Å². The standard InChI is InChI=1S/C27H23BrClN5O/c1-32-22-11-12-23(28)31-24(22)26(21(17-30)27(32)35)34-15-13-33(14-16-34)25(18-5-3-2-4-6-18)19-7-9-20(29)10-8-19/h2-12,25H,13-16H2,1H3. The van der Waals surface area contributed by atoms with Crippen LogP contribution in [0.1, 0.15) is 22.7 Å². The molecule has 3 heterocycles. The Bertz CT molecular complexity index is 1470. The van der Waals surface area contributed by atoms with E-state index in [0.717, 1.165) is 13.1 Å². The maximum Gasteiger partial charge on any atom is 0.270 e. The topological polar surface area (TPSA) is 65.2 Å². The van der Waals surface area contributed by atoms with Crippen molar-refractivity contribution in [3.63, 3.8) is 0 Å². The lowest BCUT2D eigenvalue weighted by atomic mass is 9.96. The molecule has 1 aliphatic rings. The maximum atomic E-state index is 13.0. The van der Waals surface area contributed by atoms with Gasteiger partial charge in [0.05, 0.1) is 17.2 Å². The van der Waals surface area contributed by atoms with E-state index in [1.165, 1.54) is 15.7 Å². The summed E-state index contributed by atoms with van der Waals surface area (Å²) in [6.45, 7) is 2.86. The maximum absolute atomic E-state index is 13.0. The highest BCUT2D eigenvalue weighted by Gasteiger charge is 2.29. The Balaban J connectivity index is 1.51. The lowest BCUT2D eigenvalue weighted by Gasteiger charge is -2.41. The monoisotopic (exact) mass is 547 g/mol. The van der Waals surface area contributed by atoms with Crippen LogP contribution in [0, 0.1) is 11.3 Å². The molecule has 0 N–H and O–H groups in total. The van der Waals surface area contributed by atoms with Gasteiger partial charge in [-0.3, -0.25) is 9.69 Å². The van der Waals surface area contributed by atoms with Crippen molar-refractivity contribution < 1.29 is 0 Å². The highest BCUT2D eigenvalue weighted by molar-refractivity contribution is 9.10. The van der Waals surface area contributed by atoms with Crippen molar-refractivity contribution in [1.29, 1.82) is 5.26 Å². The zero-order valence-electron chi connectivity index (χ0n) is 19.2. The number of anilines is 1. The minimum atomic E-state index is -0.301. The molecule has 0 aliphatic carbocycles. The fourth-order valence-corrected chi connectivity index (χ4v) is 5.31. The Morgan fingerprint density at radius 3 is 2.29 bits per heavy atom. The van der Waals surface area contributed by atoms with E-state index < -0.39 is 0 Å². The molecule has 4 aromatic rings. The summed E-state index contributed by atoms with van der Waals surface area (Å²) in [7, 11) is 1.68. The molecule has 1 fully saturated rings. The van der Waals surface area contributed by atoms with E-state index in [4.69, 9.17) is 11.6 Å². The first kappa shape index (κ1) is 23.6. The lowest BCUT2D eigenvalue weighted by molar-refractivity contribution is 0.212. The number of aromatic nitrogens is 2. The molecule has 0 radical (unpaired) electrons. The highest BCUT2D eigenvalue weighted by Crippen LogP contribution is 2.33. The van der Waals surface area contributed by atoms with Crippen LogP contribution in [0.3, 0.4) is 0 Å². The van der Waals surface area contributed by atoms with E-state index in [-0.39, 0.29) is 17.2 Å². The van der Waals surface area contributed by atoms with Crippen molar-refractivity contribution >= 4 is 44.3 Å². The van der Waals surface area contributed by atoms with Crippen molar-refractivity contribution in [3.8, 4) is 6.07 Å². The summed E-state index contributed by atoms with van der Waals surface area (Å²) in [5, 5.41) is 10.6. The molecule has 5 rings (SSSR count). The van der Waals surface area contributed by atoms with E-state index in [1.54, 1.807) is 7.05 Å². The van der Waals surface area contributed by atoms with E-state index in [1.807, 2.05) is 30.3 Å². The summed E-state index contributed by atoms with van der Waals surface area (Å²) in [6, 6.07) is 24.4. The summed E-state index contributed by atoms with van der Waals surface area (Å²) in [6.07, 6.45) is 0. The third-order valence-electron chi connectivity index (χ3n) is 6.59. The van der Waals surface area contributed by atoms with E-state index >= 15 is 0 Å². The van der Waals surface area contributed by atoms with Crippen LogP contribution >= 0.6 is 27.5 Å². The number of benzene rings is 2. The van der Waals surface area contributed by atoms with Gasteiger partial charge < -0.3 is 9.47 Å². The summed E-state index contributed by atoms with van der Waals surface area (Å²) >= 11 is 9.61. The van der Waals surface area contributed by atoms with Gasteiger partial charge in [0, 0.05) is 38.2 Å². The number of nitriles is 1. The van der Waals surface area contributed by atoms with E-state index in [0.29, 0.717) is 39.4 Å². The van der Waals surface area contributed by atoms with Gasteiger partial charge in [0.15, 0.2) is 0 Å². The van der Waals surface area contributed by atoms with Gasteiger partial charge in [-0.2, -0.15) is 5.26 Å². The van der Waals surface area contributed by atoms with Crippen LogP contribution in [0.5, 0.6) is 0 Å². The fourth-order valence-electron chi connectivity index (χ4n) is 4.88. The van der Waals surface area contributed by atoms with Gasteiger partial charge in [-0.25, -0.2) is 4.98 Å². The zero-order chi connectivity index (χ0) is 24.5. The molecule has 0 saturated carbocycles. The van der Waals surface area contributed by atoms with Gasteiger partial charge >= 0.3 is 0 Å². The minimum absolute atomic E-state index is 0.0821. The second-order valence-electron chi connectivity index (χ2n) is 8.59. The first-order valence-electron chi connectivity index (χ1n) is 11.4. The predicted octanol–water partition coefficient (Wildman–Crippen LogP) is 5.13. The molecular formula is C27H23BrClN5O. The summed E-state index contributed by atoms with van der Waals surface area (Å²) in [4.78, 5) is 22.2. The molecular weight excluding hydrogens is 526 g/mol. The number of hydrogen-bond acceptors (Lipinski definition) is 5. The molecule has 0 amide bonds. The van der Waals surface area contributed by atoms with Crippen LogP contribution in [0.15, 0.2) is 76.1 Å². The van der Waals surface area contributed by atoms with Gasteiger partial charge in [0.1, 0.15) is 21.8 Å². The van der Waals surface area contributed by atoms with Crippen molar-refractivity contribution in [2.24, 2.45) is 7.05 Å². The normalized spacial score (nSPS) is 15.2. The Kier molecular flexibility index (Phi) is 6.61. The summed E-state index contributed by atoms with van der Waals surface area (Å²) in [5.74, 6) is 0. The van der Waals surface area contributed by atoms with E-state index in [2.05, 4.69) is 73.2 Å². The minimum Gasteiger partial charge on any atom is -0.366 e. The number of aryl methyl sites for hydroxylation is 1. The zero-order valence-corrected chi connectivity index (χ0v) is 21.5. The number of pyridine rings is 2. The third-order valence-corrected chi connectivity index (χ3v) is 7.28. The quantitative estimate of drug-likeness (QED) is 0.331. The molecule has 2 aromatic carbocycles. The molecule has 8 heteroatoms. The molecule has 1 aliphatic heterocycles. The van der Waals surface area contributed by atoms with Gasteiger partial charge in [-0.05, 0) is 51.3 Å². The smallest absolute Gasteiger partial charge is 0.270 e. The lowest BCUT2D eigenvalue weighted by Crippen LogP contribution is -2.48. The Morgan fingerprint density at radius 1 is 0.971 bits per heavy atom. The Hall–Kier alpha value is -3.18. The SMILES string of the molecule is Cn1c(=O)c(C#N)c(N2CCN(C(c3ccccc3)c3ccc(Cl)cc3)CC2)c2nc(Br)ccc21. The van der Waals surface area contributed by atoms with Crippen LogP contribution in [0.2, 0.25) is 5.02 Å². The molecule has 0 spiro atoms. The summed E-state index contributed by atoms with van der Waals surface area (Å²) in [5.41, 5.74) is 4.21. The largest absolute Gasteiger partial charge is 0.366 e. The van der Waals surface area contributed by atoms with Crippen LogP contribution in [0.4, 0.5) is 5.69 Å². The third kappa shape index (κ3) is 4.45. The average molecular weight is 549 g/mol. The number of fused-ring (bicyclic) bond motifs is 1. The van der Waals surface area contributed by atoms with Crippen LogP contribution in [-0.4, -0.2) is 40.6 Å². The molecule has 35 heavy (non-hydrogen) atoms. The first-order valence-corrected chi connectivity index (χ1v) is 12.5. The number of piperazine rings is 1. The van der Waals surface area contributed by atoms with E-state index in [9.17, 15) is 10.1 Å². The van der Waals surface area contributed by atoms with Gasteiger partial charge in [0.25, 0.3) is 5.56 Å². The predicted molar refractivity (Wildman–Crippen MR) is 143 cm³/mol. The average Bonchev–Trinajstić information content (AvgIpc) is 2.88. The number of hydrogen-bond donors (Lipinski definition) is 0. The number of nitrogens with zero attached hydrogens (tertiary/aromatic N) is 5. The van der Waals surface area contributed by atoms with Gasteiger partial charge in [0.2, 0.25) is 0 Å². The van der Waals surface area contributed by atoms with Crippen molar-refractivity contribution in [1.82, 2.24) is 14.5 Å². The number of halogens is 2. The first-order chi connectivity index (χ1) is 17.0. The second-order valence-corrected chi connectivity index (χ2v) is 9.84. The fraction of sp³-hybridized carbons (Fsp3) is 0.222. The highest BCUT2D eigenvalue weighted by atomic mass is 79.9.